The SMILES string of the molecule is CC(C)(C)OC(=O)Nc1cc(F)ccc1-c1cc2ccccc2oc1=O. The molecular weight excluding hydrogens is 337 g/mol. The molecule has 0 aliphatic rings. The van der Waals surface area contributed by atoms with E-state index in [0.29, 0.717) is 11.1 Å². The molecule has 1 amide bonds. The number of carbonyl (C=O) groups is 1. The molecule has 0 saturated heterocycles. The number of hydrogen-bond donors (Lipinski definition) is 1. The summed E-state index contributed by atoms with van der Waals surface area (Å²) in [4.78, 5) is 24.4. The third-order valence-electron chi connectivity index (χ3n) is 3.55. The summed E-state index contributed by atoms with van der Waals surface area (Å²) < 4.78 is 24.2. The van der Waals surface area contributed by atoms with Crippen LogP contribution in [0.2, 0.25) is 0 Å². The van der Waals surface area contributed by atoms with Gasteiger partial charge in [0.25, 0.3) is 0 Å². The van der Waals surface area contributed by atoms with Crippen molar-refractivity contribution in [3.63, 3.8) is 0 Å². The maximum Gasteiger partial charge on any atom is 0.412 e. The lowest BCUT2D eigenvalue weighted by Crippen LogP contribution is -2.27. The molecule has 26 heavy (non-hydrogen) atoms. The summed E-state index contributed by atoms with van der Waals surface area (Å²) in [5.74, 6) is -0.551. The molecule has 0 aliphatic carbocycles. The number of carbonyl (C=O) groups excluding carboxylic acids is 1. The van der Waals surface area contributed by atoms with Gasteiger partial charge in [-0.15, -0.1) is 0 Å². The second-order valence-electron chi connectivity index (χ2n) is 6.80. The van der Waals surface area contributed by atoms with Crippen LogP contribution in [0.5, 0.6) is 0 Å². The van der Waals surface area contributed by atoms with Crippen LogP contribution in [0.1, 0.15) is 20.8 Å². The zero-order valence-electron chi connectivity index (χ0n) is 14.6. The van der Waals surface area contributed by atoms with Gasteiger partial charge in [0.15, 0.2) is 0 Å². The third-order valence-corrected chi connectivity index (χ3v) is 3.55. The van der Waals surface area contributed by atoms with Crippen molar-refractivity contribution in [2.24, 2.45) is 0 Å². The zero-order valence-corrected chi connectivity index (χ0v) is 14.6. The van der Waals surface area contributed by atoms with Crippen LogP contribution in [0.4, 0.5) is 14.9 Å². The lowest BCUT2D eigenvalue weighted by molar-refractivity contribution is 0.0636. The van der Waals surface area contributed by atoms with E-state index < -0.39 is 23.1 Å². The number of hydrogen-bond acceptors (Lipinski definition) is 4. The van der Waals surface area contributed by atoms with Crippen molar-refractivity contribution in [2.75, 3.05) is 5.32 Å². The molecule has 3 aromatic rings. The first-order valence-corrected chi connectivity index (χ1v) is 8.06. The van der Waals surface area contributed by atoms with E-state index in [2.05, 4.69) is 5.32 Å². The number of anilines is 1. The number of benzene rings is 2. The van der Waals surface area contributed by atoms with E-state index in [1.165, 1.54) is 12.1 Å². The van der Waals surface area contributed by atoms with Crippen LogP contribution < -0.4 is 10.9 Å². The molecule has 1 heterocycles. The van der Waals surface area contributed by atoms with Gasteiger partial charge in [-0.1, -0.05) is 18.2 Å². The molecule has 0 fully saturated rings. The summed E-state index contributed by atoms with van der Waals surface area (Å²) in [5.41, 5.74) is -0.152. The van der Waals surface area contributed by atoms with Gasteiger partial charge in [0.05, 0.1) is 11.3 Å². The van der Waals surface area contributed by atoms with E-state index in [0.717, 1.165) is 11.5 Å². The Balaban J connectivity index is 2.07. The monoisotopic (exact) mass is 355 g/mol. The molecule has 0 saturated carbocycles. The Labute approximate surface area is 149 Å². The van der Waals surface area contributed by atoms with Crippen molar-refractivity contribution in [3.05, 3.63) is 64.8 Å². The highest BCUT2D eigenvalue weighted by Gasteiger charge is 2.19. The van der Waals surface area contributed by atoms with E-state index in [9.17, 15) is 14.0 Å². The molecule has 0 unspecified atom stereocenters. The second-order valence-corrected chi connectivity index (χ2v) is 6.80. The second kappa shape index (κ2) is 6.63. The number of amides is 1. The van der Waals surface area contributed by atoms with Crippen LogP contribution in [0, 0.1) is 5.82 Å². The number of ether oxygens (including phenoxy) is 1. The fourth-order valence-corrected chi connectivity index (χ4v) is 2.52. The molecule has 0 bridgehead atoms. The molecule has 3 rings (SSSR count). The summed E-state index contributed by atoms with van der Waals surface area (Å²) >= 11 is 0. The molecule has 1 aromatic heterocycles. The third kappa shape index (κ3) is 3.91. The fraction of sp³-hybridized carbons (Fsp3) is 0.200. The van der Waals surface area contributed by atoms with Crippen LogP contribution in [-0.2, 0) is 4.74 Å². The largest absolute Gasteiger partial charge is 0.444 e. The molecule has 5 nitrogen and oxygen atoms in total. The van der Waals surface area contributed by atoms with Gasteiger partial charge in [-0.3, -0.25) is 5.32 Å². The van der Waals surface area contributed by atoms with E-state index in [1.54, 1.807) is 45.0 Å². The Morgan fingerprint density at radius 3 is 2.54 bits per heavy atom. The molecule has 0 radical (unpaired) electrons. The van der Waals surface area contributed by atoms with Gasteiger partial charge in [0, 0.05) is 10.9 Å². The smallest absolute Gasteiger partial charge is 0.412 e. The first-order chi connectivity index (χ1) is 12.2. The predicted octanol–water partition coefficient (Wildman–Crippen LogP) is 4.95. The molecule has 6 heteroatoms. The number of fused-ring (bicyclic) bond motifs is 1. The molecule has 1 N–H and O–H groups in total. The number of para-hydroxylation sites is 1. The Morgan fingerprint density at radius 1 is 1.08 bits per heavy atom. The van der Waals surface area contributed by atoms with Crippen molar-refractivity contribution in [2.45, 2.75) is 26.4 Å². The van der Waals surface area contributed by atoms with Crippen LogP contribution in [-0.4, -0.2) is 11.7 Å². The minimum atomic E-state index is -0.741. The van der Waals surface area contributed by atoms with Crippen molar-refractivity contribution < 1.29 is 18.3 Å². The first kappa shape index (κ1) is 17.7. The van der Waals surface area contributed by atoms with Gasteiger partial charge >= 0.3 is 11.7 Å². The van der Waals surface area contributed by atoms with E-state index in [4.69, 9.17) is 9.15 Å². The standard InChI is InChI=1S/C20H18FNO4/c1-20(2,3)26-19(24)22-16-11-13(21)8-9-14(16)15-10-12-6-4-5-7-17(12)25-18(15)23/h4-11H,1-3H3,(H,22,24). The van der Waals surface area contributed by atoms with E-state index in [-0.39, 0.29) is 11.3 Å². The quantitative estimate of drug-likeness (QED) is 0.661. The summed E-state index contributed by atoms with van der Waals surface area (Å²) in [7, 11) is 0. The average molecular weight is 355 g/mol. The van der Waals surface area contributed by atoms with Gasteiger partial charge in [0.2, 0.25) is 0 Å². The Kier molecular flexibility index (Phi) is 4.50. The van der Waals surface area contributed by atoms with Crippen molar-refractivity contribution in [1.82, 2.24) is 0 Å². The Hall–Kier alpha value is -3.15. The summed E-state index contributed by atoms with van der Waals surface area (Å²) in [5, 5.41) is 3.22. The molecule has 0 atom stereocenters. The van der Waals surface area contributed by atoms with Gasteiger partial charge in [-0.05, 0) is 51.1 Å². The fourth-order valence-electron chi connectivity index (χ4n) is 2.52. The molecule has 0 spiro atoms. The van der Waals surface area contributed by atoms with Gasteiger partial charge in [-0.2, -0.15) is 0 Å². The van der Waals surface area contributed by atoms with Gasteiger partial charge in [-0.25, -0.2) is 14.0 Å². The normalized spacial score (nSPS) is 11.4. The number of rotatable bonds is 2. The lowest BCUT2D eigenvalue weighted by Gasteiger charge is -2.20. The maximum absolute atomic E-state index is 13.7. The highest BCUT2D eigenvalue weighted by Crippen LogP contribution is 2.29. The first-order valence-electron chi connectivity index (χ1n) is 8.06. The van der Waals surface area contributed by atoms with Crippen molar-refractivity contribution in [1.29, 1.82) is 0 Å². The van der Waals surface area contributed by atoms with Crippen molar-refractivity contribution in [3.8, 4) is 11.1 Å². The van der Waals surface area contributed by atoms with Crippen LogP contribution >= 0.6 is 0 Å². The lowest BCUT2D eigenvalue weighted by atomic mass is 10.0. The predicted molar refractivity (Wildman–Crippen MR) is 97.7 cm³/mol. The topological polar surface area (TPSA) is 68.5 Å². The Bertz CT molecular complexity index is 1030. The number of halogens is 1. The Morgan fingerprint density at radius 2 is 1.81 bits per heavy atom. The van der Waals surface area contributed by atoms with Crippen LogP contribution in [0.15, 0.2) is 57.7 Å². The van der Waals surface area contributed by atoms with E-state index in [1.807, 2.05) is 6.07 Å². The average Bonchev–Trinajstić information content (AvgIpc) is 2.53. The van der Waals surface area contributed by atoms with Crippen LogP contribution in [0.25, 0.3) is 22.1 Å². The minimum Gasteiger partial charge on any atom is -0.444 e. The van der Waals surface area contributed by atoms with Gasteiger partial charge in [0.1, 0.15) is 17.0 Å². The molecule has 0 aliphatic heterocycles. The highest BCUT2D eigenvalue weighted by molar-refractivity contribution is 5.93. The molecule has 134 valence electrons. The summed E-state index contributed by atoms with van der Waals surface area (Å²) in [6.07, 6.45) is -0.741. The highest BCUT2D eigenvalue weighted by atomic mass is 19.1. The minimum absolute atomic E-state index is 0.127. The summed E-state index contributed by atoms with van der Waals surface area (Å²) in [6, 6.07) is 12.5. The number of nitrogens with one attached hydrogen (secondary N) is 1. The van der Waals surface area contributed by atoms with Crippen molar-refractivity contribution >= 4 is 22.7 Å². The maximum atomic E-state index is 13.7. The van der Waals surface area contributed by atoms with Gasteiger partial charge < -0.3 is 9.15 Å². The summed E-state index contributed by atoms with van der Waals surface area (Å²) in [6.45, 7) is 5.16. The zero-order chi connectivity index (χ0) is 18.9. The molecule has 2 aromatic carbocycles. The molecular formula is C20H18FNO4. The van der Waals surface area contributed by atoms with Crippen LogP contribution in [0.3, 0.4) is 0 Å². The van der Waals surface area contributed by atoms with E-state index >= 15 is 0 Å².